The van der Waals surface area contributed by atoms with Gasteiger partial charge in [-0.25, -0.2) is 4.98 Å². The smallest absolute Gasteiger partial charge is 0.197 e. The zero-order valence-electron chi connectivity index (χ0n) is 14.1. The molecule has 0 bridgehead atoms. The fourth-order valence-corrected chi connectivity index (χ4v) is 4.95. The van der Waals surface area contributed by atoms with Crippen LogP contribution >= 0.6 is 23.1 Å². The van der Waals surface area contributed by atoms with Gasteiger partial charge in [-0.1, -0.05) is 24.8 Å². The molecule has 3 aromatic rings. The van der Waals surface area contributed by atoms with Crippen LogP contribution in [0.3, 0.4) is 0 Å². The van der Waals surface area contributed by atoms with Gasteiger partial charge in [0.1, 0.15) is 10.7 Å². The predicted molar refractivity (Wildman–Crippen MR) is 99.0 cm³/mol. The SMILES string of the molecule is C=CCSc1nnc2c3c4c(sc3nc(CC)n12)COC(C)(C)C4. The highest BCUT2D eigenvalue weighted by Crippen LogP contribution is 2.40. The maximum absolute atomic E-state index is 5.97. The standard InChI is InChI=1S/C17H20N4OS2/c1-5-7-23-16-20-19-14-13-10-8-17(3,4)22-9-11(10)24-15(13)18-12(6-2)21(14)16/h5H,1,6-9H2,2-4H3. The quantitative estimate of drug-likeness (QED) is 0.519. The Hall–Kier alpha value is -1.44. The summed E-state index contributed by atoms with van der Waals surface area (Å²) in [5.74, 6) is 1.82. The van der Waals surface area contributed by atoms with E-state index in [1.54, 1.807) is 23.1 Å². The fraction of sp³-hybridized carbons (Fsp3) is 0.471. The van der Waals surface area contributed by atoms with Gasteiger partial charge in [0.05, 0.1) is 17.6 Å². The molecule has 0 radical (unpaired) electrons. The van der Waals surface area contributed by atoms with Crippen molar-refractivity contribution in [2.45, 2.75) is 51.0 Å². The lowest BCUT2D eigenvalue weighted by Gasteiger charge is -2.30. The molecule has 0 aromatic carbocycles. The molecule has 24 heavy (non-hydrogen) atoms. The van der Waals surface area contributed by atoms with Crippen LogP contribution in [-0.2, 0) is 24.2 Å². The first kappa shape index (κ1) is 16.1. The number of ether oxygens (including phenoxy) is 1. The summed E-state index contributed by atoms with van der Waals surface area (Å²) in [6.07, 6.45) is 3.61. The van der Waals surface area contributed by atoms with Gasteiger partial charge in [-0.2, -0.15) is 0 Å². The number of thiophene rings is 1. The number of fused-ring (bicyclic) bond motifs is 5. The molecule has 1 aliphatic rings. The van der Waals surface area contributed by atoms with E-state index in [0.29, 0.717) is 6.61 Å². The van der Waals surface area contributed by atoms with Crippen LogP contribution < -0.4 is 0 Å². The van der Waals surface area contributed by atoms with E-state index in [4.69, 9.17) is 9.72 Å². The molecule has 0 fully saturated rings. The van der Waals surface area contributed by atoms with Gasteiger partial charge in [0.15, 0.2) is 10.8 Å². The van der Waals surface area contributed by atoms with Gasteiger partial charge in [0, 0.05) is 23.5 Å². The first-order chi connectivity index (χ1) is 11.5. The van der Waals surface area contributed by atoms with E-state index in [0.717, 1.165) is 45.4 Å². The Labute approximate surface area is 149 Å². The minimum Gasteiger partial charge on any atom is -0.370 e. The molecule has 4 rings (SSSR count). The highest BCUT2D eigenvalue weighted by atomic mass is 32.2. The van der Waals surface area contributed by atoms with Crippen LogP contribution in [0.4, 0.5) is 0 Å². The molecule has 7 heteroatoms. The molecule has 0 saturated carbocycles. The second kappa shape index (κ2) is 5.82. The number of rotatable bonds is 4. The number of thioether (sulfide) groups is 1. The molecule has 0 spiro atoms. The van der Waals surface area contributed by atoms with Crippen LogP contribution in [0.25, 0.3) is 15.9 Å². The van der Waals surface area contributed by atoms with Crippen molar-refractivity contribution in [3.63, 3.8) is 0 Å². The Kier molecular flexibility index (Phi) is 3.89. The lowest BCUT2D eigenvalue weighted by atomic mass is 9.94. The van der Waals surface area contributed by atoms with Gasteiger partial charge >= 0.3 is 0 Å². The second-order valence-electron chi connectivity index (χ2n) is 6.53. The topological polar surface area (TPSA) is 52.3 Å². The molecule has 1 aliphatic heterocycles. The van der Waals surface area contributed by atoms with Gasteiger partial charge in [0.25, 0.3) is 0 Å². The minimum absolute atomic E-state index is 0.151. The van der Waals surface area contributed by atoms with Gasteiger partial charge in [-0.05, 0) is 19.4 Å². The van der Waals surface area contributed by atoms with Crippen LogP contribution in [0.1, 0.15) is 37.0 Å². The molecule has 0 N–H and O–H groups in total. The zero-order chi connectivity index (χ0) is 16.9. The van der Waals surface area contributed by atoms with E-state index in [1.807, 2.05) is 6.08 Å². The van der Waals surface area contributed by atoms with Crippen LogP contribution in [0, 0.1) is 0 Å². The maximum Gasteiger partial charge on any atom is 0.197 e. The predicted octanol–water partition coefficient (Wildman–Crippen LogP) is 4.03. The Morgan fingerprint density at radius 3 is 3.00 bits per heavy atom. The lowest BCUT2D eigenvalue weighted by Crippen LogP contribution is -2.31. The molecule has 5 nitrogen and oxygen atoms in total. The van der Waals surface area contributed by atoms with Gasteiger partial charge in [0.2, 0.25) is 0 Å². The lowest BCUT2D eigenvalue weighted by molar-refractivity contribution is -0.0379. The highest BCUT2D eigenvalue weighted by molar-refractivity contribution is 7.99. The van der Waals surface area contributed by atoms with Crippen molar-refractivity contribution in [3.8, 4) is 0 Å². The van der Waals surface area contributed by atoms with Crippen LogP contribution in [-0.4, -0.2) is 30.9 Å². The van der Waals surface area contributed by atoms with E-state index in [9.17, 15) is 0 Å². The number of hydrogen-bond donors (Lipinski definition) is 0. The average molecular weight is 361 g/mol. The van der Waals surface area contributed by atoms with Crippen molar-refractivity contribution in [2.24, 2.45) is 0 Å². The second-order valence-corrected chi connectivity index (χ2v) is 8.60. The van der Waals surface area contributed by atoms with Crippen molar-refractivity contribution >= 4 is 39.0 Å². The largest absolute Gasteiger partial charge is 0.370 e. The van der Waals surface area contributed by atoms with Crippen LogP contribution in [0.2, 0.25) is 0 Å². The van der Waals surface area contributed by atoms with E-state index in [1.165, 1.54) is 10.4 Å². The molecule has 4 heterocycles. The number of nitrogens with zero attached hydrogens (tertiary/aromatic N) is 4. The average Bonchev–Trinajstić information content (AvgIpc) is 3.12. The van der Waals surface area contributed by atoms with Crippen molar-refractivity contribution < 1.29 is 4.74 Å². The van der Waals surface area contributed by atoms with Crippen molar-refractivity contribution in [1.82, 2.24) is 19.6 Å². The van der Waals surface area contributed by atoms with E-state index in [2.05, 4.69) is 41.9 Å². The molecule has 3 aromatic heterocycles. The third-order valence-corrected chi connectivity index (χ3v) is 6.28. The monoisotopic (exact) mass is 360 g/mol. The highest BCUT2D eigenvalue weighted by Gasteiger charge is 2.31. The summed E-state index contributed by atoms with van der Waals surface area (Å²) >= 11 is 3.38. The molecule has 0 amide bonds. The molecule has 0 atom stereocenters. The summed E-state index contributed by atoms with van der Waals surface area (Å²) in [6, 6.07) is 0. The third-order valence-electron chi connectivity index (χ3n) is 4.26. The normalized spacial score (nSPS) is 16.6. The first-order valence-corrected chi connectivity index (χ1v) is 9.90. The molecule has 0 aliphatic carbocycles. The Morgan fingerprint density at radius 2 is 2.25 bits per heavy atom. The van der Waals surface area contributed by atoms with Crippen molar-refractivity contribution in [2.75, 3.05) is 5.75 Å². The summed E-state index contributed by atoms with van der Waals surface area (Å²) < 4.78 is 8.09. The number of hydrogen-bond acceptors (Lipinski definition) is 6. The van der Waals surface area contributed by atoms with Gasteiger partial charge in [-0.15, -0.1) is 28.1 Å². The number of aryl methyl sites for hydroxylation is 1. The van der Waals surface area contributed by atoms with Crippen LogP contribution in [0.15, 0.2) is 17.8 Å². The maximum atomic E-state index is 5.97. The molecule has 0 saturated heterocycles. The van der Waals surface area contributed by atoms with E-state index in [-0.39, 0.29) is 5.60 Å². The fourth-order valence-electron chi connectivity index (χ4n) is 3.14. The number of aromatic nitrogens is 4. The van der Waals surface area contributed by atoms with E-state index >= 15 is 0 Å². The first-order valence-electron chi connectivity index (χ1n) is 8.10. The Balaban J connectivity index is 2.00. The summed E-state index contributed by atoms with van der Waals surface area (Å²) in [7, 11) is 0. The molecular formula is C17H20N4OS2. The Morgan fingerprint density at radius 1 is 1.42 bits per heavy atom. The Bertz CT molecular complexity index is 941. The van der Waals surface area contributed by atoms with Crippen molar-refractivity contribution in [1.29, 1.82) is 0 Å². The minimum atomic E-state index is -0.151. The third kappa shape index (κ3) is 2.46. The summed E-state index contributed by atoms with van der Waals surface area (Å²) in [4.78, 5) is 7.25. The van der Waals surface area contributed by atoms with Gasteiger partial charge in [-0.3, -0.25) is 4.40 Å². The molecular weight excluding hydrogens is 340 g/mol. The van der Waals surface area contributed by atoms with Gasteiger partial charge < -0.3 is 4.74 Å². The summed E-state index contributed by atoms with van der Waals surface area (Å²) in [6.45, 7) is 10.8. The zero-order valence-corrected chi connectivity index (χ0v) is 15.8. The molecule has 0 unspecified atom stereocenters. The summed E-state index contributed by atoms with van der Waals surface area (Å²) in [5.41, 5.74) is 2.11. The van der Waals surface area contributed by atoms with Crippen molar-refractivity contribution in [3.05, 3.63) is 28.9 Å². The van der Waals surface area contributed by atoms with Crippen LogP contribution in [0.5, 0.6) is 0 Å². The van der Waals surface area contributed by atoms with E-state index < -0.39 is 0 Å². The summed E-state index contributed by atoms with van der Waals surface area (Å²) in [5, 5.41) is 11.0. The molecule has 126 valence electrons.